The van der Waals surface area contributed by atoms with Crippen LogP contribution in [0.5, 0.6) is 11.5 Å². The Bertz CT molecular complexity index is 1160. The van der Waals surface area contributed by atoms with Gasteiger partial charge in [-0.25, -0.2) is 4.79 Å². The standard InChI is InChI=1S/C33H45BrO8/c1-6-38-30(35)17-16-28-24(14-12-15-29(28)41-20-18-31(36)39-7-2)13-10-8-9-11-19-40-27-22-25(21-26(34)23-27)32(37)42-33(3,4)5/h12,14-15,21-23H,6-11,13,16-20H2,1-5H3. The van der Waals surface area contributed by atoms with Crippen molar-refractivity contribution >= 4 is 33.8 Å². The summed E-state index contributed by atoms with van der Waals surface area (Å²) in [4.78, 5) is 36.2. The molecule has 0 radical (unpaired) electrons. The summed E-state index contributed by atoms with van der Waals surface area (Å²) in [6.07, 6.45) is 5.63. The van der Waals surface area contributed by atoms with Crippen LogP contribution in [0.1, 0.15) is 94.6 Å². The molecule has 0 saturated carbocycles. The van der Waals surface area contributed by atoms with E-state index in [1.807, 2.05) is 39.0 Å². The van der Waals surface area contributed by atoms with Crippen LogP contribution in [-0.2, 0) is 36.6 Å². The second-order valence-electron chi connectivity index (χ2n) is 10.8. The van der Waals surface area contributed by atoms with Crippen LogP contribution in [0.3, 0.4) is 0 Å². The number of carbonyl (C=O) groups excluding carboxylic acids is 3. The highest BCUT2D eigenvalue weighted by atomic mass is 79.9. The van der Waals surface area contributed by atoms with Crippen molar-refractivity contribution in [3.63, 3.8) is 0 Å². The zero-order valence-electron chi connectivity index (χ0n) is 25.6. The van der Waals surface area contributed by atoms with Gasteiger partial charge >= 0.3 is 17.9 Å². The Morgan fingerprint density at radius 3 is 2.17 bits per heavy atom. The summed E-state index contributed by atoms with van der Waals surface area (Å²) in [6, 6.07) is 11.2. The minimum Gasteiger partial charge on any atom is -0.494 e. The first-order valence-corrected chi connectivity index (χ1v) is 15.5. The van der Waals surface area contributed by atoms with Gasteiger partial charge in [0, 0.05) is 10.9 Å². The van der Waals surface area contributed by atoms with E-state index in [2.05, 4.69) is 22.0 Å². The van der Waals surface area contributed by atoms with Crippen molar-refractivity contribution in [3.8, 4) is 11.5 Å². The monoisotopic (exact) mass is 648 g/mol. The summed E-state index contributed by atoms with van der Waals surface area (Å²) in [5, 5.41) is 0. The van der Waals surface area contributed by atoms with Crippen molar-refractivity contribution in [2.45, 2.75) is 91.6 Å². The zero-order chi connectivity index (χ0) is 31.0. The van der Waals surface area contributed by atoms with Gasteiger partial charge in [-0.2, -0.15) is 0 Å². The molecular weight excluding hydrogens is 604 g/mol. The number of unbranched alkanes of at least 4 members (excludes halogenated alkanes) is 3. The lowest BCUT2D eigenvalue weighted by molar-refractivity contribution is -0.144. The molecule has 0 unspecified atom stereocenters. The molecule has 0 aromatic heterocycles. The van der Waals surface area contributed by atoms with Crippen molar-refractivity contribution in [1.29, 1.82) is 0 Å². The van der Waals surface area contributed by atoms with E-state index in [4.69, 9.17) is 23.7 Å². The highest BCUT2D eigenvalue weighted by molar-refractivity contribution is 9.10. The Balaban J connectivity index is 1.87. The molecule has 0 fully saturated rings. The summed E-state index contributed by atoms with van der Waals surface area (Å²) >= 11 is 3.45. The van der Waals surface area contributed by atoms with Gasteiger partial charge in [0.05, 0.1) is 38.4 Å². The number of aryl methyl sites for hydroxylation is 1. The SMILES string of the molecule is CCOC(=O)CCOc1cccc(CCCCCCOc2cc(Br)cc(C(=O)OC(C)(C)C)c2)c1CCC(=O)OCC. The van der Waals surface area contributed by atoms with Crippen LogP contribution in [-0.4, -0.2) is 49.9 Å². The Morgan fingerprint density at radius 1 is 0.786 bits per heavy atom. The van der Waals surface area contributed by atoms with Crippen LogP contribution >= 0.6 is 15.9 Å². The number of rotatable bonds is 18. The predicted octanol–water partition coefficient (Wildman–Crippen LogP) is 7.41. The van der Waals surface area contributed by atoms with Gasteiger partial charge in [0.25, 0.3) is 0 Å². The van der Waals surface area contributed by atoms with Gasteiger partial charge in [0.2, 0.25) is 0 Å². The summed E-state index contributed by atoms with van der Waals surface area (Å²) in [7, 11) is 0. The largest absolute Gasteiger partial charge is 0.494 e. The highest BCUT2D eigenvalue weighted by Gasteiger charge is 2.19. The third kappa shape index (κ3) is 13.7. The molecule has 232 valence electrons. The number of carbonyl (C=O) groups is 3. The fourth-order valence-corrected chi connectivity index (χ4v) is 4.74. The van der Waals surface area contributed by atoms with Crippen molar-refractivity contribution in [2.75, 3.05) is 26.4 Å². The number of halogens is 1. The summed E-state index contributed by atoms with van der Waals surface area (Å²) < 4.78 is 28.2. The minimum atomic E-state index is -0.569. The highest BCUT2D eigenvalue weighted by Crippen LogP contribution is 2.27. The molecule has 0 aliphatic heterocycles. The molecule has 0 N–H and O–H groups in total. The number of hydrogen-bond donors (Lipinski definition) is 0. The summed E-state index contributed by atoms with van der Waals surface area (Å²) in [5.41, 5.74) is 1.99. The first-order valence-electron chi connectivity index (χ1n) is 14.7. The molecule has 42 heavy (non-hydrogen) atoms. The number of esters is 3. The second-order valence-corrected chi connectivity index (χ2v) is 11.7. The van der Waals surface area contributed by atoms with Gasteiger partial charge in [0.1, 0.15) is 17.1 Å². The van der Waals surface area contributed by atoms with Crippen LogP contribution in [0.2, 0.25) is 0 Å². The van der Waals surface area contributed by atoms with Crippen LogP contribution in [0.25, 0.3) is 0 Å². The van der Waals surface area contributed by atoms with Crippen molar-refractivity contribution in [1.82, 2.24) is 0 Å². The van der Waals surface area contributed by atoms with E-state index < -0.39 is 5.60 Å². The third-order valence-corrected chi connectivity index (χ3v) is 6.56. The van der Waals surface area contributed by atoms with E-state index in [-0.39, 0.29) is 37.4 Å². The molecule has 2 rings (SSSR count). The van der Waals surface area contributed by atoms with E-state index in [1.54, 1.807) is 26.0 Å². The molecule has 2 aromatic carbocycles. The molecule has 0 atom stereocenters. The van der Waals surface area contributed by atoms with Crippen LogP contribution in [0.15, 0.2) is 40.9 Å². The van der Waals surface area contributed by atoms with Gasteiger partial charge in [0.15, 0.2) is 0 Å². The van der Waals surface area contributed by atoms with Crippen molar-refractivity contribution < 1.29 is 38.1 Å². The summed E-state index contributed by atoms with van der Waals surface area (Å²) in [5.74, 6) is 0.386. The number of benzene rings is 2. The molecule has 0 spiro atoms. The minimum absolute atomic E-state index is 0.166. The lowest BCUT2D eigenvalue weighted by Gasteiger charge is -2.19. The summed E-state index contributed by atoms with van der Waals surface area (Å²) in [6.45, 7) is 10.5. The van der Waals surface area contributed by atoms with E-state index in [9.17, 15) is 14.4 Å². The molecule has 0 amide bonds. The maximum Gasteiger partial charge on any atom is 0.338 e. The Hall–Kier alpha value is -3.07. The van der Waals surface area contributed by atoms with Gasteiger partial charge in [-0.15, -0.1) is 0 Å². The number of hydrogen-bond acceptors (Lipinski definition) is 8. The molecular formula is C33H45BrO8. The van der Waals surface area contributed by atoms with E-state index >= 15 is 0 Å². The van der Waals surface area contributed by atoms with E-state index in [0.717, 1.165) is 47.7 Å². The molecule has 0 saturated heterocycles. The quantitative estimate of drug-likeness (QED) is 0.0936. The Kier molecular flexibility index (Phi) is 15.4. The second kappa shape index (κ2) is 18.5. The van der Waals surface area contributed by atoms with Crippen LogP contribution in [0.4, 0.5) is 0 Å². The maximum atomic E-state index is 12.4. The lowest BCUT2D eigenvalue weighted by Crippen LogP contribution is -2.23. The fourth-order valence-electron chi connectivity index (χ4n) is 4.26. The predicted molar refractivity (Wildman–Crippen MR) is 165 cm³/mol. The fraction of sp³-hybridized carbons (Fsp3) is 0.545. The topological polar surface area (TPSA) is 97.4 Å². The molecule has 2 aromatic rings. The average molecular weight is 650 g/mol. The van der Waals surface area contributed by atoms with Gasteiger partial charge in [-0.05, 0) is 95.7 Å². The Labute approximate surface area is 258 Å². The number of ether oxygens (including phenoxy) is 5. The van der Waals surface area contributed by atoms with Crippen LogP contribution < -0.4 is 9.47 Å². The van der Waals surface area contributed by atoms with Crippen molar-refractivity contribution in [3.05, 3.63) is 57.6 Å². The van der Waals surface area contributed by atoms with Gasteiger partial charge in [-0.3, -0.25) is 9.59 Å². The molecule has 0 aliphatic carbocycles. The first-order chi connectivity index (χ1) is 20.0. The average Bonchev–Trinajstić information content (AvgIpc) is 2.91. The smallest absolute Gasteiger partial charge is 0.338 e. The van der Waals surface area contributed by atoms with Gasteiger partial charge < -0.3 is 23.7 Å². The third-order valence-electron chi connectivity index (χ3n) is 6.10. The Morgan fingerprint density at radius 2 is 1.48 bits per heavy atom. The van der Waals surface area contributed by atoms with E-state index in [1.165, 1.54) is 0 Å². The zero-order valence-corrected chi connectivity index (χ0v) is 27.2. The molecule has 8 nitrogen and oxygen atoms in total. The maximum absolute atomic E-state index is 12.4. The van der Waals surface area contributed by atoms with Crippen LogP contribution in [0, 0.1) is 0 Å². The molecule has 0 aliphatic rings. The van der Waals surface area contributed by atoms with Crippen molar-refractivity contribution in [2.24, 2.45) is 0 Å². The van der Waals surface area contributed by atoms with E-state index in [0.29, 0.717) is 43.3 Å². The lowest BCUT2D eigenvalue weighted by atomic mass is 9.97. The molecule has 9 heteroatoms. The first kappa shape index (κ1) is 35.1. The molecule has 0 heterocycles. The normalized spacial score (nSPS) is 11.1. The molecule has 0 bridgehead atoms. The van der Waals surface area contributed by atoms with Gasteiger partial charge in [-0.1, -0.05) is 40.9 Å².